The zero-order valence-electron chi connectivity index (χ0n) is 15.5. The molecule has 0 radical (unpaired) electrons. The molecule has 7 heteroatoms. The Labute approximate surface area is 165 Å². The van der Waals surface area contributed by atoms with Crippen LogP contribution in [-0.4, -0.2) is 26.6 Å². The molecule has 2 N–H and O–H groups in total. The molecule has 0 unspecified atom stereocenters. The molecule has 0 aliphatic heterocycles. The molecule has 1 amide bonds. The van der Waals surface area contributed by atoms with Crippen LogP contribution >= 0.6 is 11.8 Å². The monoisotopic (exact) mass is 394 g/mol. The number of carbonyl (C=O) groups is 1. The second-order valence-corrected chi connectivity index (χ2v) is 7.48. The largest absolute Gasteiger partial charge is 0.351 e. The number of aromatic nitrogens is 3. The maximum absolute atomic E-state index is 13.6. The van der Waals surface area contributed by atoms with E-state index in [1.807, 2.05) is 25.1 Å². The summed E-state index contributed by atoms with van der Waals surface area (Å²) < 4.78 is 13.6. The number of nitrogens with zero attached hydrogens (tertiary/aromatic N) is 2. The lowest BCUT2D eigenvalue weighted by Crippen LogP contribution is -2.16. The molecule has 0 fully saturated rings. The van der Waals surface area contributed by atoms with Gasteiger partial charge in [-0.1, -0.05) is 36.9 Å². The molecule has 4 rings (SSSR count). The Kier molecular flexibility index (Phi) is 5.00. The van der Waals surface area contributed by atoms with Gasteiger partial charge in [0, 0.05) is 16.6 Å². The number of halogens is 1. The van der Waals surface area contributed by atoms with Crippen LogP contribution in [0.4, 0.5) is 10.1 Å². The number of fused-ring (bicyclic) bond motifs is 3. The van der Waals surface area contributed by atoms with Gasteiger partial charge in [0.25, 0.3) is 0 Å². The first-order valence-corrected chi connectivity index (χ1v) is 9.98. The number of benzene rings is 2. The quantitative estimate of drug-likeness (QED) is 0.375. The Morgan fingerprint density at radius 3 is 2.93 bits per heavy atom. The smallest absolute Gasteiger partial charge is 0.234 e. The molecule has 2 aromatic carbocycles. The lowest BCUT2D eigenvalue weighted by molar-refractivity contribution is -0.113. The third-order valence-electron chi connectivity index (χ3n) is 4.65. The van der Waals surface area contributed by atoms with Crippen molar-refractivity contribution in [2.45, 2.75) is 25.3 Å². The van der Waals surface area contributed by atoms with Crippen molar-refractivity contribution in [3.63, 3.8) is 0 Å². The summed E-state index contributed by atoms with van der Waals surface area (Å²) >= 11 is 1.33. The van der Waals surface area contributed by atoms with E-state index >= 15 is 0 Å². The van der Waals surface area contributed by atoms with E-state index < -0.39 is 0 Å². The van der Waals surface area contributed by atoms with E-state index in [1.54, 1.807) is 6.07 Å². The highest BCUT2D eigenvalue weighted by molar-refractivity contribution is 8.00. The van der Waals surface area contributed by atoms with Gasteiger partial charge < -0.3 is 10.3 Å². The number of para-hydroxylation sites is 1. The summed E-state index contributed by atoms with van der Waals surface area (Å²) in [5, 5.41) is 4.39. The van der Waals surface area contributed by atoms with Gasteiger partial charge in [-0.2, -0.15) is 0 Å². The molecule has 28 heavy (non-hydrogen) atoms. The van der Waals surface area contributed by atoms with E-state index in [0.717, 1.165) is 28.8 Å². The second kappa shape index (κ2) is 7.59. The predicted molar refractivity (Wildman–Crippen MR) is 111 cm³/mol. The normalized spacial score (nSPS) is 11.2. The van der Waals surface area contributed by atoms with Gasteiger partial charge in [-0.25, -0.2) is 14.4 Å². The van der Waals surface area contributed by atoms with Crippen molar-refractivity contribution in [3.8, 4) is 0 Å². The van der Waals surface area contributed by atoms with Crippen molar-refractivity contribution in [3.05, 3.63) is 59.7 Å². The van der Waals surface area contributed by atoms with Crippen LogP contribution in [0.2, 0.25) is 0 Å². The Hall–Kier alpha value is -2.93. The number of thioether (sulfide) groups is 1. The summed E-state index contributed by atoms with van der Waals surface area (Å²) in [6.45, 7) is 4.05. The van der Waals surface area contributed by atoms with Crippen LogP contribution in [0.1, 0.15) is 18.1 Å². The number of hydrogen-bond acceptors (Lipinski definition) is 4. The third-order valence-corrected chi connectivity index (χ3v) is 5.64. The zero-order chi connectivity index (χ0) is 19.7. The van der Waals surface area contributed by atoms with Gasteiger partial charge in [0.2, 0.25) is 5.91 Å². The van der Waals surface area contributed by atoms with Crippen molar-refractivity contribution >= 4 is 45.3 Å². The molecule has 4 aromatic rings. The van der Waals surface area contributed by atoms with Gasteiger partial charge in [-0.15, -0.1) is 0 Å². The lowest BCUT2D eigenvalue weighted by atomic mass is 10.1. The number of anilines is 1. The van der Waals surface area contributed by atoms with Crippen LogP contribution in [0.3, 0.4) is 0 Å². The minimum Gasteiger partial charge on any atom is -0.351 e. The number of aromatic amines is 1. The maximum Gasteiger partial charge on any atom is 0.234 e. The van der Waals surface area contributed by atoms with E-state index in [2.05, 4.69) is 27.2 Å². The van der Waals surface area contributed by atoms with E-state index in [1.165, 1.54) is 30.2 Å². The summed E-state index contributed by atoms with van der Waals surface area (Å²) in [6, 6.07) is 10.5. The summed E-state index contributed by atoms with van der Waals surface area (Å²) in [7, 11) is 0. The van der Waals surface area contributed by atoms with Crippen LogP contribution in [0, 0.1) is 12.7 Å². The van der Waals surface area contributed by atoms with Crippen LogP contribution in [0.25, 0.3) is 21.9 Å². The van der Waals surface area contributed by atoms with Gasteiger partial charge >= 0.3 is 0 Å². The van der Waals surface area contributed by atoms with E-state index in [4.69, 9.17) is 0 Å². The topological polar surface area (TPSA) is 70.7 Å². The van der Waals surface area contributed by atoms with E-state index in [0.29, 0.717) is 21.4 Å². The van der Waals surface area contributed by atoms with Crippen molar-refractivity contribution in [2.24, 2.45) is 0 Å². The molecular formula is C21H19FN4OS. The molecule has 0 spiro atoms. The van der Waals surface area contributed by atoms with Gasteiger partial charge in [-0.05, 0) is 42.7 Å². The summed E-state index contributed by atoms with van der Waals surface area (Å²) in [5.74, 6) is -0.193. The Bertz CT molecular complexity index is 1190. The standard InChI is InChI=1S/C21H19FN4OS/c1-3-13-6-4-5-12(2)18(13)26-17(27)10-28-21-20-19(23-11-24-21)15-9-14(22)7-8-16(15)25-20/h4-9,11,25H,3,10H2,1-2H3,(H,26,27). The lowest BCUT2D eigenvalue weighted by Gasteiger charge is -2.12. The van der Waals surface area contributed by atoms with Crippen LogP contribution in [0.15, 0.2) is 47.8 Å². The third kappa shape index (κ3) is 3.45. The van der Waals surface area contributed by atoms with Crippen molar-refractivity contribution in [1.29, 1.82) is 0 Å². The molecule has 5 nitrogen and oxygen atoms in total. The average molecular weight is 394 g/mol. The Morgan fingerprint density at radius 1 is 1.25 bits per heavy atom. The highest BCUT2D eigenvalue weighted by Gasteiger charge is 2.14. The number of hydrogen-bond donors (Lipinski definition) is 2. The highest BCUT2D eigenvalue weighted by Crippen LogP contribution is 2.30. The number of carbonyl (C=O) groups excluding carboxylic acids is 1. The van der Waals surface area contributed by atoms with Gasteiger partial charge in [-0.3, -0.25) is 4.79 Å². The summed E-state index contributed by atoms with van der Waals surface area (Å²) in [6.07, 6.45) is 2.29. The zero-order valence-corrected chi connectivity index (χ0v) is 16.4. The molecule has 142 valence electrons. The Balaban J connectivity index is 1.56. The predicted octanol–water partition coefficient (Wildman–Crippen LogP) is 4.85. The minimum atomic E-state index is -0.314. The van der Waals surface area contributed by atoms with Gasteiger partial charge in [0.1, 0.15) is 22.7 Å². The molecule has 0 saturated carbocycles. The highest BCUT2D eigenvalue weighted by atomic mass is 32.2. The fraction of sp³-hybridized carbons (Fsp3) is 0.190. The first kappa shape index (κ1) is 18.4. The van der Waals surface area contributed by atoms with Crippen molar-refractivity contribution in [1.82, 2.24) is 15.0 Å². The first-order valence-electron chi connectivity index (χ1n) is 9.00. The number of aryl methyl sites for hydroxylation is 2. The fourth-order valence-electron chi connectivity index (χ4n) is 3.26. The first-order chi connectivity index (χ1) is 13.6. The second-order valence-electron chi connectivity index (χ2n) is 6.52. The SMILES string of the molecule is CCc1cccc(C)c1NC(=O)CSc1ncnc2c1[nH]c1ccc(F)cc12. The Morgan fingerprint density at radius 2 is 2.11 bits per heavy atom. The minimum absolute atomic E-state index is 0.0945. The number of H-pyrrole nitrogens is 1. The summed E-state index contributed by atoms with van der Waals surface area (Å²) in [5.41, 5.74) is 5.19. The number of nitrogens with one attached hydrogen (secondary N) is 2. The molecule has 0 aliphatic rings. The molecule has 0 atom stereocenters. The van der Waals surface area contributed by atoms with Crippen molar-refractivity contribution < 1.29 is 9.18 Å². The average Bonchev–Trinajstić information content (AvgIpc) is 3.06. The van der Waals surface area contributed by atoms with Crippen LogP contribution < -0.4 is 5.32 Å². The molecule has 0 aliphatic carbocycles. The van der Waals surface area contributed by atoms with E-state index in [-0.39, 0.29) is 17.5 Å². The maximum atomic E-state index is 13.6. The molecule has 0 saturated heterocycles. The van der Waals surface area contributed by atoms with E-state index in [9.17, 15) is 9.18 Å². The molecule has 0 bridgehead atoms. The molecular weight excluding hydrogens is 375 g/mol. The van der Waals surface area contributed by atoms with Crippen LogP contribution in [0.5, 0.6) is 0 Å². The number of rotatable bonds is 5. The molecule has 2 aromatic heterocycles. The van der Waals surface area contributed by atoms with Crippen LogP contribution in [-0.2, 0) is 11.2 Å². The fourth-order valence-corrected chi connectivity index (χ4v) is 4.02. The van der Waals surface area contributed by atoms with Gasteiger partial charge in [0.05, 0.1) is 11.3 Å². The van der Waals surface area contributed by atoms with Crippen molar-refractivity contribution in [2.75, 3.05) is 11.1 Å². The summed E-state index contributed by atoms with van der Waals surface area (Å²) in [4.78, 5) is 24.3. The van der Waals surface area contributed by atoms with Gasteiger partial charge in [0.15, 0.2) is 0 Å². The molecule has 2 heterocycles. The number of amides is 1.